The molecule has 1 fully saturated rings. The second-order valence-corrected chi connectivity index (χ2v) is 7.77. The number of piperazine rings is 1. The number of aromatic nitrogens is 1. The van der Waals surface area contributed by atoms with E-state index in [4.69, 9.17) is 4.74 Å². The van der Waals surface area contributed by atoms with E-state index in [2.05, 4.69) is 16.2 Å². The SMILES string of the molecule is COc1ccc(/C=N/N2CC(=O)N3CCc4c([nH]c5ccccc45)[C@]3(C)C2=O)cc1. The van der Waals surface area contributed by atoms with Gasteiger partial charge in [-0.25, -0.2) is 5.01 Å². The van der Waals surface area contributed by atoms with Gasteiger partial charge in [-0.05, 0) is 54.8 Å². The van der Waals surface area contributed by atoms with Gasteiger partial charge >= 0.3 is 0 Å². The average Bonchev–Trinajstić information content (AvgIpc) is 3.16. The molecule has 7 nitrogen and oxygen atoms in total. The van der Waals surface area contributed by atoms with Crippen LogP contribution in [0.3, 0.4) is 0 Å². The summed E-state index contributed by atoms with van der Waals surface area (Å²) in [6, 6.07) is 15.4. The predicted molar refractivity (Wildman–Crippen MR) is 113 cm³/mol. The van der Waals surface area contributed by atoms with E-state index in [1.54, 1.807) is 18.2 Å². The van der Waals surface area contributed by atoms with Gasteiger partial charge in [-0.15, -0.1) is 0 Å². The highest BCUT2D eigenvalue weighted by molar-refractivity contribution is 6.01. The van der Waals surface area contributed by atoms with Gasteiger partial charge in [0.1, 0.15) is 12.3 Å². The third kappa shape index (κ3) is 2.62. The molecule has 0 unspecified atom stereocenters. The number of rotatable bonds is 3. The molecule has 0 radical (unpaired) electrons. The van der Waals surface area contributed by atoms with Crippen molar-refractivity contribution in [2.45, 2.75) is 18.9 Å². The van der Waals surface area contributed by atoms with Crippen molar-refractivity contribution in [3.8, 4) is 5.75 Å². The standard InChI is InChI=1S/C23H22N4O3/c1-23-21-18(17-5-3-4-6-19(17)25-21)11-12-26(23)20(28)14-27(22(23)29)24-13-15-7-9-16(30-2)10-8-15/h3-10,13,25H,11-12,14H2,1-2H3/b24-13+/t23-/m1/s1. The smallest absolute Gasteiger partial charge is 0.275 e. The number of nitrogens with zero attached hydrogens (tertiary/aromatic N) is 3. The van der Waals surface area contributed by atoms with Gasteiger partial charge in [0.25, 0.3) is 5.91 Å². The first-order valence-corrected chi connectivity index (χ1v) is 9.93. The minimum absolute atomic E-state index is 0.0589. The summed E-state index contributed by atoms with van der Waals surface area (Å²) in [6.45, 7) is 2.28. The van der Waals surface area contributed by atoms with E-state index in [0.717, 1.165) is 39.9 Å². The molecule has 2 aromatic carbocycles. The number of nitrogens with one attached hydrogen (secondary N) is 1. The Balaban J connectivity index is 1.53. The lowest BCUT2D eigenvalue weighted by Gasteiger charge is -2.48. The number of benzene rings is 2. The number of ether oxygens (including phenoxy) is 1. The molecule has 1 N–H and O–H groups in total. The van der Waals surface area contributed by atoms with Crippen molar-refractivity contribution in [3.63, 3.8) is 0 Å². The van der Waals surface area contributed by atoms with Gasteiger partial charge in [-0.1, -0.05) is 18.2 Å². The Morgan fingerprint density at radius 3 is 2.67 bits per heavy atom. The average molecular weight is 402 g/mol. The summed E-state index contributed by atoms with van der Waals surface area (Å²) in [4.78, 5) is 31.6. The van der Waals surface area contributed by atoms with Crippen molar-refractivity contribution in [2.75, 3.05) is 20.2 Å². The van der Waals surface area contributed by atoms with Crippen LogP contribution in [0.5, 0.6) is 5.75 Å². The Labute approximate surface area is 173 Å². The number of carbonyl (C=O) groups is 2. The van der Waals surface area contributed by atoms with Gasteiger partial charge < -0.3 is 14.6 Å². The van der Waals surface area contributed by atoms with E-state index in [0.29, 0.717) is 6.54 Å². The normalized spacial score (nSPS) is 21.3. The van der Waals surface area contributed by atoms with Crippen molar-refractivity contribution in [3.05, 3.63) is 65.4 Å². The van der Waals surface area contributed by atoms with Crippen LogP contribution in [0.2, 0.25) is 0 Å². The molecule has 0 bridgehead atoms. The molecule has 1 saturated heterocycles. The molecule has 0 spiro atoms. The van der Waals surface area contributed by atoms with E-state index in [9.17, 15) is 9.59 Å². The summed E-state index contributed by atoms with van der Waals surface area (Å²) in [5.41, 5.74) is 2.59. The number of hydrogen-bond donors (Lipinski definition) is 1. The number of methoxy groups -OCH3 is 1. The molecule has 3 aromatic rings. The summed E-state index contributed by atoms with van der Waals surface area (Å²) < 4.78 is 5.16. The second kappa shape index (κ2) is 6.73. The Morgan fingerprint density at radius 1 is 1.13 bits per heavy atom. The maximum absolute atomic E-state index is 13.6. The van der Waals surface area contributed by atoms with Crippen LogP contribution in [0.1, 0.15) is 23.7 Å². The molecule has 1 atom stereocenters. The summed E-state index contributed by atoms with van der Waals surface area (Å²) >= 11 is 0. The molecule has 3 heterocycles. The molecular formula is C23H22N4O3. The molecule has 0 aliphatic carbocycles. The summed E-state index contributed by atoms with van der Waals surface area (Å²) in [6.07, 6.45) is 2.32. The fraction of sp³-hybridized carbons (Fsp3) is 0.261. The number of amides is 2. The highest BCUT2D eigenvalue weighted by Crippen LogP contribution is 2.41. The summed E-state index contributed by atoms with van der Waals surface area (Å²) in [5, 5.41) is 6.75. The molecule has 2 aliphatic rings. The first-order valence-electron chi connectivity index (χ1n) is 9.93. The maximum Gasteiger partial charge on any atom is 0.275 e. The van der Waals surface area contributed by atoms with Crippen LogP contribution < -0.4 is 4.74 Å². The Kier molecular flexibility index (Phi) is 4.13. The van der Waals surface area contributed by atoms with Gasteiger partial charge in [-0.2, -0.15) is 5.10 Å². The molecule has 0 saturated carbocycles. The van der Waals surface area contributed by atoms with Gasteiger partial charge in [0.15, 0.2) is 5.54 Å². The van der Waals surface area contributed by atoms with E-state index >= 15 is 0 Å². The lowest BCUT2D eigenvalue weighted by Crippen LogP contribution is -2.65. The minimum Gasteiger partial charge on any atom is -0.497 e. The fourth-order valence-electron chi connectivity index (χ4n) is 4.51. The zero-order valence-electron chi connectivity index (χ0n) is 16.9. The molecule has 1 aromatic heterocycles. The lowest BCUT2D eigenvalue weighted by molar-refractivity contribution is -0.165. The molecule has 152 valence electrons. The van der Waals surface area contributed by atoms with Crippen LogP contribution in [0.25, 0.3) is 10.9 Å². The summed E-state index contributed by atoms with van der Waals surface area (Å²) in [5.74, 6) is 0.431. The largest absolute Gasteiger partial charge is 0.497 e. The van der Waals surface area contributed by atoms with E-state index in [1.165, 1.54) is 5.01 Å². The number of hydrogen-bond acceptors (Lipinski definition) is 4. The topological polar surface area (TPSA) is 78.0 Å². The number of para-hydroxylation sites is 1. The van der Waals surface area contributed by atoms with Crippen molar-refractivity contribution in [2.24, 2.45) is 5.10 Å². The maximum atomic E-state index is 13.6. The molecule has 2 amide bonds. The van der Waals surface area contributed by atoms with Gasteiger partial charge in [-0.3, -0.25) is 9.59 Å². The minimum atomic E-state index is -1.10. The summed E-state index contributed by atoms with van der Waals surface area (Å²) in [7, 11) is 1.61. The van der Waals surface area contributed by atoms with Gasteiger partial charge in [0, 0.05) is 17.4 Å². The second-order valence-electron chi connectivity index (χ2n) is 7.77. The first kappa shape index (κ1) is 18.4. The zero-order valence-corrected chi connectivity index (χ0v) is 16.9. The lowest BCUT2D eigenvalue weighted by atomic mass is 9.83. The number of aromatic amines is 1. The van der Waals surface area contributed by atoms with Gasteiger partial charge in [0.2, 0.25) is 5.91 Å². The van der Waals surface area contributed by atoms with Gasteiger partial charge in [0.05, 0.1) is 19.0 Å². The van der Waals surface area contributed by atoms with E-state index in [1.807, 2.05) is 49.4 Å². The monoisotopic (exact) mass is 402 g/mol. The third-order valence-corrected chi connectivity index (χ3v) is 6.12. The molecule has 30 heavy (non-hydrogen) atoms. The number of carbonyl (C=O) groups excluding carboxylic acids is 2. The van der Waals surface area contributed by atoms with E-state index < -0.39 is 5.54 Å². The van der Waals surface area contributed by atoms with Crippen LogP contribution in [0, 0.1) is 0 Å². The number of H-pyrrole nitrogens is 1. The highest BCUT2D eigenvalue weighted by atomic mass is 16.5. The van der Waals surface area contributed by atoms with Crippen molar-refractivity contribution < 1.29 is 14.3 Å². The highest BCUT2D eigenvalue weighted by Gasteiger charge is 2.54. The predicted octanol–water partition coefficient (Wildman–Crippen LogP) is 2.65. The van der Waals surface area contributed by atoms with Crippen molar-refractivity contribution in [1.29, 1.82) is 0 Å². The van der Waals surface area contributed by atoms with E-state index in [-0.39, 0.29) is 18.4 Å². The molecule has 7 heteroatoms. The van der Waals surface area contributed by atoms with Crippen LogP contribution in [0.15, 0.2) is 53.6 Å². The quantitative estimate of drug-likeness (QED) is 0.684. The number of hydrazone groups is 1. The van der Waals surface area contributed by atoms with Crippen LogP contribution in [-0.2, 0) is 21.5 Å². The van der Waals surface area contributed by atoms with Crippen LogP contribution in [0.4, 0.5) is 0 Å². The fourth-order valence-corrected chi connectivity index (χ4v) is 4.51. The van der Waals surface area contributed by atoms with Crippen molar-refractivity contribution >= 4 is 28.9 Å². The molecule has 2 aliphatic heterocycles. The Hall–Kier alpha value is -3.61. The molecular weight excluding hydrogens is 380 g/mol. The Bertz CT molecular complexity index is 1180. The number of fused-ring (bicyclic) bond motifs is 5. The third-order valence-electron chi connectivity index (χ3n) is 6.12. The van der Waals surface area contributed by atoms with Crippen LogP contribution >= 0.6 is 0 Å². The van der Waals surface area contributed by atoms with Crippen molar-refractivity contribution in [1.82, 2.24) is 14.9 Å². The van der Waals surface area contributed by atoms with Crippen LogP contribution in [-0.4, -0.2) is 53.1 Å². The molecule has 5 rings (SSSR count). The Morgan fingerprint density at radius 2 is 1.90 bits per heavy atom. The zero-order chi connectivity index (χ0) is 20.9. The first-order chi connectivity index (χ1) is 14.5.